The number of halogens is 1. The predicted molar refractivity (Wildman–Crippen MR) is 99.2 cm³/mol. The van der Waals surface area contributed by atoms with Gasteiger partial charge < -0.3 is 0 Å². The van der Waals surface area contributed by atoms with Gasteiger partial charge in [-0.1, -0.05) is 30.9 Å². The van der Waals surface area contributed by atoms with Crippen molar-refractivity contribution in [2.45, 2.75) is 39.0 Å². The monoisotopic (exact) mass is 334 g/mol. The van der Waals surface area contributed by atoms with E-state index in [-0.39, 0.29) is 5.82 Å². The topological polar surface area (TPSA) is 25.8 Å². The number of rotatable bonds is 3. The Balaban J connectivity index is 1.58. The summed E-state index contributed by atoms with van der Waals surface area (Å²) in [5.41, 5.74) is 1.64. The van der Waals surface area contributed by atoms with Crippen molar-refractivity contribution < 1.29 is 4.39 Å². The third-order valence-electron chi connectivity index (χ3n) is 4.59. The van der Waals surface area contributed by atoms with Crippen molar-refractivity contribution in [3.05, 3.63) is 60.2 Å². The second kappa shape index (κ2) is 8.58. The Kier molecular flexibility index (Phi) is 5.95. The standard InChI is InChI=1S/C22H23FN2/c1-2-3-4-17-5-7-18(8-6-17)9-10-19-15-24-22(25-16-19)20-11-13-21(23)14-12-20/h3-4,11-18H,2,5-8H2,1H3/b4-3+. The fourth-order valence-electron chi connectivity index (χ4n) is 3.11. The van der Waals surface area contributed by atoms with E-state index < -0.39 is 0 Å². The molecule has 2 nitrogen and oxygen atoms in total. The van der Waals surface area contributed by atoms with Crippen molar-refractivity contribution in [3.8, 4) is 23.2 Å². The minimum Gasteiger partial charge on any atom is -0.235 e. The first-order valence-electron chi connectivity index (χ1n) is 9.01. The smallest absolute Gasteiger partial charge is 0.159 e. The third kappa shape index (κ3) is 5.00. The summed E-state index contributed by atoms with van der Waals surface area (Å²) in [7, 11) is 0. The summed E-state index contributed by atoms with van der Waals surface area (Å²) in [4.78, 5) is 8.69. The Morgan fingerprint density at radius 3 is 2.40 bits per heavy atom. The highest BCUT2D eigenvalue weighted by Crippen LogP contribution is 2.29. The quantitative estimate of drug-likeness (QED) is 0.554. The molecule has 1 aliphatic carbocycles. The lowest BCUT2D eigenvalue weighted by molar-refractivity contribution is 0.364. The zero-order valence-electron chi connectivity index (χ0n) is 14.6. The number of benzene rings is 1. The van der Waals surface area contributed by atoms with Crippen LogP contribution in [0.15, 0.2) is 48.8 Å². The molecule has 0 spiro atoms. The molecule has 0 radical (unpaired) electrons. The van der Waals surface area contributed by atoms with Crippen molar-refractivity contribution in [3.63, 3.8) is 0 Å². The van der Waals surface area contributed by atoms with Crippen LogP contribution in [0.4, 0.5) is 4.39 Å². The molecule has 1 aromatic carbocycles. The molecule has 1 heterocycles. The first kappa shape index (κ1) is 17.4. The van der Waals surface area contributed by atoms with Crippen molar-refractivity contribution in [2.75, 3.05) is 0 Å². The SMILES string of the molecule is CC/C=C/C1CCC(C#Cc2cnc(-c3ccc(F)cc3)nc2)CC1. The zero-order chi connectivity index (χ0) is 17.5. The number of aromatic nitrogens is 2. The van der Waals surface area contributed by atoms with Gasteiger partial charge in [0, 0.05) is 23.9 Å². The largest absolute Gasteiger partial charge is 0.235 e. The second-order valence-electron chi connectivity index (χ2n) is 6.52. The Morgan fingerprint density at radius 1 is 1.08 bits per heavy atom. The first-order valence-corrected chi connectivity index (χ1v) is 9.01. The molecule has 1 aliphatic rings. The molecule has 0 N–H and O–H groups in total. The lowest BCUT2D eigenvalue weighted by atomic mass is 9.82. The Morgan fingerprint density at radius 2 is 1.76 bits per heavy atom. The average Bonchev–Trinajstić information content (AvgIpc) is 2.67. The summed E-state index contributed by atoms with van der Waals surface area (Å²) < 4.78 is 13.0. The number of hydrogen-bond donors (Lipinski definition) is 0. The summed E-state index contributed by atoms with van der Waals surface area (Å²) in [5, 5.41) is 0. The molecule has 2 aromatic rings. The predicted octanol–water partition coefficient (Wildman–Crippen LogP) is 5.41. The molecule has 25 heavy (non-hydrogen) atoms. The van der Waals surface area contributed by atoms with E-state index in [1.165, 1.54) is 37.8 Å². The molecule has 0 aliphatic heterocycles. The van der Waals surface area contributed by atoms with E-state index in [0.29, 0.717) is 11.7 Å². The summed E-state index contributed by atoms with van der Waals surface area (Å²) in [6.07, 6.45) is 14.0. The van der Waals surface area contributed by atoms with E-state index in [1.807, 2.05) is 0 Å². The fourth-order valence-corrected chi connectivity index (χ4v) is 3.11. The molecule has 0 saturated heterocycles. The molecular weight excluding hydrogens is 311 g/mol. The van der Waals surface area contributed by atoms with Crippen molar-refractivity contribution >= 4 is 0 Å². The summed E-state index contributed by atoms with van der Waals surface area (Å²) >= 11 is 0. The highest BCUT2D eigenvalue weighted by atomic mass is 19.1. The minimum absolute atomic E-state index is 0.258. The van der Waals surface area contributed by atoms with Gasteiger partial charge in [0.1, 0.15) is 5.82 Å². The molecule has 1 saturated carbocycles. The van der Waals surface area contributed by atoms with Crippen LogP contribution in [0.3, 0.4) is 0 Å². The van der Waals surface area contributed by atoms with Crippen LogP contribution < -0.4 is 0 Å². The fraction of sp³-hybridized carbons (Fsp3) is 0.364. The average molecular weight is 334 g/mol. The minimum atomic E-state index is -0.258. The van der Waals surface area contributed by atoms with Gasteiger partial charge in [-0.15, -0.1) is 0 Å². The van der Waals surface area contributed by atoms with E-state index in [2.05, 4.69) is 40.9 Å². The summed E-state index contributed by atoms with van der Waals surface area (Å²) in [5.74, 6) is 8.13. The van der Waals surface area contributed by atoms with Gasteiger partial charge in [0.15, 0.2) is 5.82 Å². The van der Waals surface area contributed by atoms with Crippen LogP contribution in [0.2, 0.25) is 0 Å². The molecule has 0 unspecified atom stereocenters. The van der Waals surface area contributed by atoms with Gasteiger partial charge in [-0.2, -0.15) is 0 Å². The molecule has 3 heteroatoms. The Labute approximate surface area is 149 Å². The molecular formula is C22H23FN2. The number of allylic oxidation sites excluding steroid dienone is 2. The molecule has 128 valence electrons. The van der Waals surface area contributed by atoms with Crippen molar-refractivity contribution in [2.24, 2.45) is 11.8 Å². The lowest BCUT2D eigenvalue weighted by Gasteiger charge is -2.23. The maximum atomic E-state index is 13.0. The number of nitrogens with zero attached hydrogens (tertiary/aromatic N) is 2. The molecule has 0 amide bonds. The highest BCUT2D eigenvalue weighted by molar-refractivity contribution is 5.54. The summed E-state index contributed by atoms with van der Waals surface area (Å²) in [6.45, 7) is 2.18. The second-order valence-corrected chi connectivity index (χ2v) is 6.52. The Hall–Kier alpha value is -2.47. The van der Waals surface area contributed by atoms with Gasteiger partial charge in [0.2, 0.25) is 0 Å². The molecule has 1 fully saturated rings. The van der Waals surface area contributed by atoms with Gasteiger partial charge in [0.05, 0.1) is 5.56 Å². The maximum Gasteiger partial charge on any atom is 0.159 e. The molecule has 0 atom stereocenters. The lowest BCUT2D eigenvalue weighted by Crippen LogP contribution is -2.11. The first-order chi connectivity index (χ1) is 12.2. The highest BCUT2D eigenvalue weighted by Gasteiger charge is 2.17. The normalized spacial score (nSPS) is 20.2. The molecule has 3 rings (SSSR count). The van der Waals surface area contributed by atoms with Crippen LogP contribution in [0.5, 0.6) is 0 Å². The van der Waals surface area contributed by atoms with E-state index in [0.717, 1.165) is 23.5 Å². The van der Waals surface area contributed by atoms with Gasteiger partial charge >= 0.3 is 0 Å². The van der Waals surface area contributed by atoms with Gasteiger partial charge in [-0.25, -0.2) is 14.4 Å². The van der Waals surface area contributed by atoms with E-state index in [4.69, 9.17) is 0 Å². The van der Waals surface area contributed by atoms with Crippen LogP contribution >= 0.6 is 0 Å². The molecule has 1 aromatic heterocycles. The van der Waals surface area contributed by atoms with Gasteiger partial charge in [0.25, 0.3) is 0 Å². The Bertz CT molecular complexity index is 758. The van der Waals surface area contributed by atoms with Crippen molar-refractivity contribution in [1.29, 1.82) is 0 Å². The van der Waals surface area contributed by atoms with Crippen LogP contribution in [-0.2, 0) is 0 Å². The van der Waals surface area contributed by atoms with Crippen LogP contribution in [0, 0.1) is 29.5 Å². The summed E-state index contributed by atoms with van der Waals surface area (Å²) in [6, 6.07) is 6.19. The number of hydrogen-bond acceptors (Lipinski definition) is 2. The van der Waals surface area contributed by atoms with E-state index >= 15 is 0 Å². The van der Waals surface area contributed by atoms with E-state index in [9.17, 15) is 4.39 Å². The van der Waals surface area contributed by atoms with Gasteiger partial charge in [-0.3, -0.25) is 0 Å². The zero-order valence-corrected chi connectivity index (χ0v) is 14.6. The van der Waals surface area contributed by atoms with Crippen molar-refractivity contribution in [1.82, 2.24) is 9.97 Å². The van der Waals surface area contributed by atoms with Crippen LogP contribution in [-0.4, -0.2) is 9.97 Å². The van der Waals surface area contributed by atoms with Gasteiger partial charge in [-0.05, 0) is 62.3 Å². The van der Waals surface area contributed by atoms with Crippen LogP contribution in [0.1, 0.15) is 44.6 Å². The molecule has 0 bridgehead atoms. The maximum absolute atomic E-state index is 13.0. The third-order valence-corrected chi connectivity index (χ3v) is 4.59. The van der Waals surface area contributed by atoms with Crippen LogP contribution in [0.25, 0.3) is 11.4 Å². The van der Waals surface area contributed by atoms with E-state index in [1.54, 1.807) is 24.5 Å².